The van der Waals surface area contributed by atoms with Crippen molar-refractivity contribution in [2.75, 3.05) is 27.4 Å². The van der Waals surface area contributed by atoms with Crippen LogP contribution in [0.25, 0.3) is 0 Å². The molecular weight excluding hydrogens is 382 g/mol. The van der Waals surface area contributed by atoms with Gasteiger partial charge in [-0.1, -0.05) is 12.8 Å². The lowest BCUT2D eigenvalue weighted by atomic mass is 10.2. The third-order valence-electron chi connectivity index (χ3n) is 4.31. The minimum absolute atomic E-state index is 0.0656. The highest BCUT2D eigenvalue weighted by Crippen LogP contribution is 2.22. The standard InChI is InChI=1S/C19H25N3O7/c1-27-14-7-12(8-15(9-14)28-2)18(25)20-10-17(24)29-11-16(23)22-19(26)21-13-5-3-4-6-13/h7-9,13H,3-6,10-11H2,1-2H3,(H,20,25)(H2,21,22,23,26). The average Bonchev–Trinajstić information content (AvgIpc) is 3.22. The van der Waals surface area contributed by atoms with E-state index in [-0.39, 0.29) is 11.6 Å². The molecule has 0 bridgehead atoms. The van der Waals surface area contributed by atoms with Crippen LogP contribution in [-0.4, -0.2) is 57.2 Å². The van der Waals surface area contributed by atoms with E-state index in [2.05, 4.69) is 16.0 Å². The largest absolute Gasteiger partial charge is 0.497 e. The van der Waals surface area contributed by atoms with E-state index in [1.165, 1.54) is 26.4 Å². The van der Waals surface area contributed by atoms with Gasteiger partial charge in [0.2, 0.25) is 0 Å². The molecule has 0 saturated heterocycles. The van der Waals surface area contributed by atoms with Crippen LogP contribution in [-0.2, 0) is 14.3 Å². The second kappa shape index (κ2) is 10.9. The fraction of sp³-hybridized carbons (Fsp3) is 0.474. The zero-order valence-corrected chi connectivity index (χ0v) is 16.4. The van der Waals surface area contributed by atoms with Gasteiger partial charge in [0.05, 0.1) is 14.2 Å². The van der Waals surface area contributed by atoms with Crippen LogP contribution in [0.1, 0.15) is 36.0 Å². The highest BCUT2D eigenvalue weighted by molar-refractivity contribution is 5.97. The number of hydrogen-bond donors (Lipinski definition) is 3. The van der Waals surface area contributed by atoms with Crippen molar-refractivity contribution in [2.45, 2.75) is 31.7 Å². The summed E-state index contributed by atoms with van der Waals surface area (Å²) in [6.45, 7) is -1.07. The van der Waals surface area contributed by atoms with Crippen molar-refractivity contribution in [1.29, 1.82) is 0 Å². The Morgan fingerprint density at radius 2 is 1.62 bits per heavy atom. The molecule has 1 aromatic carbocycles. The van der Waals surface area contributed by atoms with Crippen LogP contribution in [0.5, 0.6) is 11.5 Å². The Labute approximate surface area is 168 Å². The smallest absolute Gasteiger partial charge is 0.325 e. The maximum absolute atomic E-state index is 12.2. The van der Waals surface area contributed by atoms with E-state index < -0.39 is 37.0 Å². The summed E-state index contributed by atoms with van der Waals surface area (Å²) < 4.78 is 14.9. The number of imide groups is 1. The molecule has 4 amide bonds. The fourth-order valence-corrected chi connectivity index (χ4v) is 2.84. The first-order valence-electron chi connectivity index (χ1n) is 9.18. The van der Waals surface area contributed by atoms with Crippen LogP contribution in [0.4, 0.5) is 4.79 Å². The normalized spacial score (nSPS) is 13.3. The molecular formula is C19H25N3O7. The molecule has 0 unspecified atom stereocenters. The van der Waals surface area contributed by atoms with Gasteiger partial charge in [0.25, 0.3) is 11.8 Å². The first kappa shape index (κ1) is 22.0. The van der Waals surface area contributed by atoms with Crippen LogP contribution in [0.15, 0.2) is 18.2 Å². The van der Waals surface area contributed by atoms with Crippen LogP contribution >= 0.6 is 0 Å². The quantitative estimate of drug-likeness (QED) is 0.542. The molecule has 1 fully saturated rings. The number of ether oxygens (including phenoxy) is 3. The highest BCUT2D eigenvalue weighted by Gasteiger charge is 2.19. The van der Waals surface area contributed by atoms with Crippen molar-refractivity contribution in [3.8, 4) is 11.5 Å². The van der Waals surface area contributed by atoms with E-state index in [9.17, 15) is 19.2 Å². The Kier molecular flexibility index (Phi) is 8.26. The zero-order valence-electron chi connectivity index (χ0n) is 16.4. The van der Waals surface area contributed by atoms with Gasteiger partial charge in [-0.25, -0.2) is 4.79 Å². The number of methoxy groups -OCH3 is 2. The molecule has 0 heterocycles. The predicted octanol–water partition coefficient (Wildman–Crippen LogP) is 0.745. The number of carbonyl (C=O) groups excluding carboxylic acids is 4. The molecule has 2 rings (SSSR count). The Hall–Kier alpha value is -3.30. The monoisotopic (exact) mass is 407 g/mol. The molecule has 158 valence electrons. The van der Waals surface area contributed by atoms with Crippen molar-refractivity contribution in [3.63, 3.8) is 0 Å². The van der Waals surface area contributed by atoms with E-state index in [0.29, 0.717) is 11.5 Å². The molecule has 1 aliphatic rings. The van der Waals surface area contributed by atoms with E-state index in [4.69, 9.17) is 14.2 Å². The molecule has 3 N–H and O–H groups in total. The molecule has 10 nitrogen and oxygen atoms in total. The Morgan fingerprint density at radius 3 is 2.21 bits per heavy atom. The first-order valence-corrected chi connectivity index (χ1v) is 9.18. The van der Waals surface area contributed by atoms with Gasteiger partial charge in [-0.05, 0) is 25.0 Å². The van der Waals surface area contributed by atoms with Crippen LogP contribution in [0, 0.1) is 0 Å². The van der Waals surface area contributed by atoms with E-state index in [1.54, 1.807) is 6.07 Å². The van der Waals surface area contributed by atoms with E-state index in [0.717, 1.165) is 25.7 Å². The van der Waals surface area contributed by atoms with Crippen molar-refractivity contribution in [2.24, 2.45) is 0 Å². The van der Waals surface area contributed by atoms with Gasteiger partial charge in [-0.3, -0.25) is 19.7 Å². The summed E-state index contributed by atoms with van der Waals surface area (Å²) in [5, 5.41) is 7.16. The molecule has 0 aliphatic heterocycles. The summed E-state index contributed by atoms with van der Waals surface area (Å²) >= 11 is 0. The van der Waals surface area contributed by atoms with Crippen LogP contribution in [0.3, 0.4) is 0 Å². The van der Waals surface area contributed by atoms with Crippen molar-refractivity contribution < 1.29 is 33.4 Å². The minimum Gasteiger partial charge on any atom is -0.497 e. The van der Waals surface area contributed by atoms with Gasteiger partial charge < -0.3 is 24.8 Å². The van der Waals surface area contributed by atoms with Gasteiger partial charge in [0.15, 0.2) is 6.61 Å². The van der Waals surface area contributed by atoms with Crippen molar-refractivity contribution >= 4 is 23.8 Å². The third-order valence-corrected chi connectivity index (χ3v) is 4.31. The molecule has 1 saturated carbocycles. The molecule has 1 aromatic rings. The zero-order chi connectivity index (χ0) is 21.2. The molecule has 1 aliphatic carbocycles. The van der Waals surface area contributed by atoms with Crippen LogP contribution < -0.4 is 25.4 Å². The molecule has 0 atom stereocenters. The van der Waals surface area contributed by atoms with Gasteiger partial charge in [-0.2, -0.15) is 0 Å². The fourth-order valence-electron chi connectivity index (χ4n) is 2.84. The van der Waals surface area contributed by atoms with Gasteiger partial charge in [0.1, 0.15) is 18.0 Å². The summed E-state index contributed by atoms with van der Waals surface area (Å²) in [5.74, 6) is -1.27. The maximum atomic E-state index is 12.2. The lowest BCUT2D eigenvalue weighted by Crippen LogP contribution is -2.45. The summed E-state index contributed by atoms with van der Waals surface area (Å²) in [7, 11) is 2.90. The Morgan fingerprint density at radius 1 is 1.00 bits per heavy atom. The predicted molar refractivity (Wildman–Crippen MR) is 102 cm³/mol. The second-order valence-corrected chi connectivity index (χ2v) is 6.45. The van der Waals surface area contributed by atoms with Gasteiger partial charge in [0, 0.05) is 17.7 Å². The summed E-state index contributed by atoms with van der Waals surface area (Å²) in [4.78, 5) is 47.2. The lowest BCUT2D eigenvalue weighted by molar-refractivity contribution is -0.147. The number of carbonyl (C=O) groups is 4. The highest BCUT2D eigenvalue weighted by atomic mass is 16.5. The number of benzene rings is 1. The lowest BCUT2D eigenvalue weighted by Gasteiger charge is -2.12. The number of urea groups is 1. The number of nitrogens with one attached hydrogen (secondary N) is 3. The molecule has 0 aromatic heterocycles. The topological polar surface area (TPSA) is 132 Å². The third kappa shape index (κ3) is 7.32. The Balaban J connectivity index is 1.71. The summed E-state index contributed by atoms with van der Waals surface area (Å²) in [6.07, 6.45) is 3.86. The van der Waals surface area contributed by atoms with Crippen LogP contribution in [0.2, 0.25) is 0 Å². The molecule has 0 spiro atoms. The summed E-state index contributed by atoms with van der Waals surface area (Å²) in [5.41, 5.74) is 0.232. The first-order chi connectivity index (χ1) is 13.9. The number of rotatable bonds is 8. The number of amides is 4. The maximum Gasteiger partial charge on any atom is 0.325 e. The van der Waals surface area contributed by atoms with Crippen molar-refractivity contribution in [1.82, 2.24) is 16.0 Å². The molecule has 0 radical (unpaired) electrons. The van der Waals surface area contributed by atoms with Gasteiger partial charge >= 0.3 is 12.0 Å². The van der Waals surface area contributed by atoms with E-state index in [1.807, 2.05) is 0 Å². The number of hydrogen-bond acceptors (Lipinski definition) is 7. The van der Waals surface area contributed by atoms with Gasteiger partial charge in [-0.15, -0.1) is 0 Å². The van der Waals surface area contributed by atoms with E-state index >= 15 is 0 Å². The Bertz CT molecular complexity index is 738. The average molecular weight is 407 g/mol. The molecule has 10 heteroatoms. The number of esters is 1. The minimum atomic E-state index is -0.820. The summed E-state index contributed by atoms with van der Waals surface area (Å²) in [6, 6.07) is 4.03. The SMILES string of the molecule is COc1cc(OC)cc(C(=O)NCC(=O)OCC(=O)NC(=O)NC2CCCC2)c1. The second-order valence-electron chi connectivity index (χ2n) is 6.45. The van der Waals surface area contributed by atoms with Crippen molar-refractivity contribution in [3.05, 3.63) is 23.8 Å². The molecule has 29 heavy (non-hydrogen) atoms.